The average molecular weight is 1510 g/mol. The normalized spacial score (nSPS) is 17.4. The van der Waals surface area contributed by atoms with Crippen LogP contribution in [-0.4, -0.2) is 170 Å². The van der Waals surface area contributed by atoms with Crippen molar-refractivity contribution < 1.29 is 134 Å². The van der Waals surface area contributed by atoms with Gasteiger partial charge in [-0.2, -0.15) is 65.9 Å². The summed E-state index contributed by atoms with van der Waals surface area (Å²) in [7, 11) is 0. The van der Waals surface area contributed by atoms with E-state index in [1.807, 2.05) is 83.3 Å². The minimum Gasteiger partial charge on any atom is -0.466 e. The highest BCUT2D eigenvalue weighted by atomic mass is 127. The maximum atomic E-state index is 12.9. The fourth-order valence-corrected chi connectivity index (χ4v) is 8.18. The molecule has 2 saturated heterocycles. The van der Waals surface area contributed by atoms with Gasteiger partial charge in [-0.05, 0) is 83.3 Å². The Kier molecular flexibility index (Phi) is 44.1. The van der Waals surface area contributed by atoms with E-state index in [1.165, 1.54) is 37.8 Å². The van der Waals surface area contributed by atoms with E-state index >= 15 is 0 Å². The van der Waals surface area contributed by atoms with Crippen LogP contribution in [0, 0.1) is 0 Å². The Labute approximate surface area is 559 Å². The van der Waals surface area contributed by atoms with Crippen LogP contribution in [0.15, 0.2) is 158 Å². The number of aliphatic hydroxyl groups is 5. The highest BCUT2D eigenvalue weighted by molar-refractivity contribution is 14.1. The van der Waals surface area contributed by atoms with Gasteiger partial charge in [-0.1, -0.05) is 133 Å². The van der Waals surface area contributed by atoms with Gasteiger partial charge in [-0.15, -0.1) is 26.3 Å². The SMILES string of the molecule is C=CC/C(=C\C(=O)OCC)C(F)(F)F.C=CC/C(=C\CI)C(F)(F)F.C=CC/C(=C\C[C@H](O)[C@@H](C)O)C(F)(F)F.C=CC/C(=C\C[C@H](O)[C@H](O)N1C(=O)OCC1Cc1ccccc1)C(F)(F)F.CCC(=O)N1C(Cc2ccccc2)CO[C@H]1O.CCOC(=O)CC(=O)C(F)(F)F. The van der Waals surface area contributed by atoms with E-state index in [-0.39, 0.29) is 51.0 Å². The molecule has 0 spiro atoms. The van der Waals surface area contributed by atoms with E-state index < -0.39 is 140 Å². The second kappa shape index (κ2) is 46.4. The van der Waals surface area contributed by atoms with Crippen LogP contribution in [0.4, 0.5) is 70.7 Å². The van der Waals surface area contributed by atoms with Crippen LogP contribution < -0.4 is 0 Å². The van der Waals surface area contributed by atoms with Crippen molar-refractivity contribution in [3.63, 3.8) is 0 Å². The quantitative estimate of drug-likeness (QED) is 0.00863. The van der Waals surface area contributed by atoms with Crippen LogP contribution in [0.25, 0.3) is 0 Å². The molecule has 0 saturated carbocycles. The van der Waals surface area contributed by atoms with Gasteiger partial charge in [0.25, 0.3) is 0 Å². The third-order valence-electron chi connectivity index (χ3n) is 12.4. The van der Waals surface area contributed by atoms with Gasteiger partial charge in [-0.3, -0.25) is 24.2 Å². The first kappa shape index (κ1) is 91.2. The smallest absolute Gasteiger partial charge is 0.450 e. The molecule has 2 heterocycles. The van der Waals surface area contributed by atoms with Crippen LogP contribution in [0.2, 0.25) is 0 Å². The van der Waals surface area contributed by atoms with E-state index in [4.69, 9.17) is 19.7 Å². The maximum absolute atomic E-state index is 12.9. The molecule has 16 nitrogen and oxygen atoms in total. The first-order valence-electron chi connectivity index (χ1n) is 28.9. The summed E-state index contributed by atoms with van der Waals surface area (Å²) in [6, 6.07) is 18.5. The molecule has 0 aliphatic carbocycles. The van der Waals surface area contributed by atoms with Crippen molar-refractivity contribution in [2.75, 3.05) is 30.9 Å². The van der Waals surface area contributed by atoms with Crippen molar-refractivity contribution in [3.05, 3.63) is 169 Å². The minimum atomic E-state index is -4.95. The zero-order valence-electron chi connectivity index (χ0n) is 52.7. The summed E-state index contributed by atoms with van der Waals surface area (Å²) in [6.45, 7) is 19.4. The van der Waals surface area contributed by atoms with Crippen LogP contribution in [0.3, 0.4) is 0 Å². The van der Waals surface area contributed by atoms with Crippen LogP contribution in [0.5, 0.6) is 0 Å². The van der Waals surface area contributed by atoms with Gasteiger partial charge >= 0.3 is 48.9 Å². The number of aliphatic hydroxyl groups excluding tert-OH is 5. The predicted octanol–water partition coefficient (Wildman–Crippen LogP) is 13.7. The number of benzene rings is 2. The van der Waals surface area contributed by atoms with Crippen molar-refractivity contribution in [1.82, 2.24) is 9.80 Å². The number of alkyl halides is 16. The number of hydrogen-bond acceptors (Lipinski definition) is 14. The Balaban J connectivity index is 0. The highest BCUT2D eigenvalue weighted by Gasteiger charge is 2.42. The zero-order chi connectivity index (χ0) is 74.2. The molecule has 2 unspecified atom stereocenters. The van der Waals surface area contributed by atoms with Gasteiger partial charge < -0.3 is 44.5 Å². The van der Waals surface area contributed by atoms with Crippen LogP contribution in [0.1, 0.15) is 90.2 Å². The standard InChI is InChI=1S/C19H22F3NO4.C13H17NO3.C10H15F3O2.C9H11F3O2.C7H8F3I.C6H7F3O3/c1-2-6-14(19(20,21)22)9-10-16(24)17(25)23-15(12-27-18(23)26)11-13-7-4-3-5-8-13;1-2-12(15)14-11(9-17-13(14)16)8-10-6-4-3-5-7-10;1-3-4-8(10(11,12)13)5-6-9(15)7(2)14;1-3-5-7(9(10,11)12)6-8(13)14-4-2;1-2-3-6(4-5-11)7(8,9)10;1-2-12-5(11)3-4(10)6(7,8)9/h2-5,7-9,15-17,24-25H,1,6,10-12H2;3-7,11,13,16H,2,8-9H2,1H3;3,5,7,9,14-15H,1,4,6H2,2H3;3,6H,1,4-5H2,2H3;2,4H,1,3,5H2;2-3H2,1H3/b14-9+;;8-5+;7-6+;6-4+;/t15?,16-,17-;11?,13-;7-,9+;;;/m011.../s1. The molecule has 32 heteroatoms. The zero-order valence-corrected chi connectivity index (χ0v) is 54.9. The number of hydrogen-bond donors (Lipinski definition) is 5. The van der Waals surface area contributed by atoms with Gasteiger partial charge in [0.15, 0.2) is 6.23 Å². The van der Waals surface area contributed by atoms with Crippen molar-refractivity contribution in [1.29, 1.82) is 0 Å². The third kappa shape index (κ3) is 38.2. The molecule has 5 N–H and O–H groups in total. The Bertz CT molecular complexity index is 2810. The van der Waals surface area contributed by atoms with Gasteiger partial charge in [-0.25, -0.2) is 9.59 Å². The van der Waals surface area contributed by atoms with E-state index in [9.17, 15) is 105 Å². The maximum Gasteiger partial charge on any atom is 0.450 e. The number of carbonyl (C=O) groups excluding carboxylic acids is 5. The van der Waals surface area contributed by atoms with Gasteiger partial charge in [0.2, 0.25) is 18.1 Å². The minimum absolute atomic E-state index is 0.0254. The molecule has 4 rings (SSSR count). The molecule has 0 bridgehead atoms. The molecule has 2 aliphatic rings. The summed E-state index contributed by atoms with van der Waals surface area (Å²) < 4.78 is 201. The molecule has 2 aliphatic heterocycles. The molecule has 7 atom stereocenters. The lowest BCUT2D eigenvalue weighted by molar-refractivity contribution is -0.174. The number of allylic oxidation sites excluding steroid dienone is 9. The molecule has 2 aromatic carbocycles. The third-order valence-corrected chi connectivity index (χ3v) is 12.9. The largest absolute Gasteiger partial charge is 0.466 e. The Morgan fingerprint density at radius 2 is 1.01 bits per heavy atom. The first-order chi connectivity index (χ1) is 44.5. The summed E-state index contributed by atoms with van der Waals surface area (Å²) >= 11 is 1.87. The van der Waals surface area contributed by atoms with E-state index in [1.54, 1.807) is 6.92 Å². The molecule has 542 valence electrons. The number of cyclic esters (lactones) is 1. The molecular formula is C64H80F15IN2O14. The summed E-state index contributed by atoms with van der Waals surface area (Å²) in [5.41, 5.74) is -1.04. The van der Waals surface area contributed by atoms with Crippen LogP contribution >= 0.6 is 22.6 Å². The lowest BCUT2D eigenvalue weighted by Crippen LogP contribution is -2.49. The van der Waals surface area contributed by atoms with Gasteiger partial charge in [0.05, 0.1) is 44.1 Å². The second-order valence-corrected chi connectivity index (χ2v) is 20.8. The Morgan fingerprint density at radius 3 is 1.39 bits per heavy atom. The number of Topliss-reactive ketones (excluding diaryl/α,β-unsaturated/α-hetero) is 1. The van der Waals surface area contributed by atoms with Crippen LogP contribution in [-0.2, 0) is 51.0 Å². The molecule has 2 amide bonds. The number of amides is 2. The van der Waals surface area contributed by atoms with Crippen molar-refractivity contribution in [3.8, 4) is 0 Å². The molecule has 0 radical (unpaired) electrons. The Hall–Kier alpha value is -6.85. The summed E-state index contributed by atoms with van der Waals surface area (Å²) in [6.07, 6.45) is -23.8. The van der Waals surface area contributed by atoms with Gasteiger partial charge in [0, 0.05) is 39.2 Å². The number of carbonyl (C=O) groups is 5. The van der Waals surface area contributed by atoms with Crippen molar-refractivity contribution in [2.24, 2.45) is 0 Å². The summed E-state index contributed by atoms with van der Waals surface area (Å²) in [4.78, 5) is 57.3. The lowest BCUT2D eigenvalue weighted by atomic mass is 10.0. The predicted molar refractivity (Wildman–Crippen MR) is 333 cm³/mol. The second-order valence-electron chi connectivity index (χ2n) is 19.9. The highest BCUT2D eigenvalue weighted by Crippen LogP contribution is 2.33. The fourth-order valence-electron chi connectivity index (χ4n) is 7.65. The number of ether oxygens (including phenoxy) is 4. The molecule has 2 aromatic rings. The Morgan fingerprint density at radius 1 is 0.604 bits per heavy atom. The van der Waals surface area contributed by atoms with E-state index in [0.29, 0.717) is 36.4 Å². The van der Waals surface area contributed by atoms with Crippen molar-refractivity contribution in [2.45, 2.75) is 166 Å². The monoisotopic (exact) mass is 1510 g/mol. The molecule has 0 aromatic heterocycles. The topological polar surface area (TPSA) is 230 Å². The summed E-state index contributed by atoms with van der Waals surface area (Å²) in [5.74, 6) is -4.29. The molecule has 96 heavy (non-hydrogen) atoms. The summed E-state index contributed by atoms with van der Waals surface area (Å²) in [5, 5.41) is 48.1. The van der Waals surface area contributed by atoms with Crippen molar-refractivity contribution >= 4 is 52.3 Å². The lowest BCUT2D eigenvalue weighted by Gasteiger charge is -2.29. The molecular weight excluding hydrogens is 1430 g/mol. The molecule has 2 fully saturated rings. The van der Waals surface area contributed by atoms with E-state index in [0.717, 1.165) is 46.4 Å². The first-order valence-corrected chi connectivity index (χ1v) is 30.4. The average Bonchev–Trinajstić information content (AvgIpc) is 1.68. The number of nitrogens with zero attached hydrogens (tertiary/aromatic N) is 2. The van der Waals surface area contributed by atoms with Gasteiger partial charge in [0.1, 0.15) is 19.1 Å². The fraction of sp³-hybridized carbons (Fsp3) is 0.484. The number of halogens is 16. The van der Waals surface area contributed by atoms with E-state index in [2.05, 4.69) is 35.8 Å². The number of esters is 2. The number of ketones is 1. The number of rotatable bonds is 26.